The van der Waals surface area contributed by atoms with Gasteiger partial charge in [0.2, 0.25) is 17.7 Å². The summed E-state index contributed by atoms with van der Waals surface area (Å²) < 4.78 is 0. The van der Waals surface area contributed by atoms with Gasteiger partial charge in [0.05, 0.1) is 5.92 Å². The number of nitrogens with one attached hydrogen (secondary N) is 2. The molecule has 3 fully saturated rings. The summed E-state index contributed by atoms with van der Waals surface area (Å²) in [7, 11) is 1.68. The summed E-state index contributed by atoms with van der Waals surface area (Å²) >= 11 is 0. The number of nitrogens with zero attached hydrogens (tertiary/aromatic N) is 4. The third-order valence-corrected chi connectivity index (χ3v) is 7.87. The van der Waals surface area contributed by atoms with E-state index in [-0.39, 0.29) is 42.1 Å². The lowest BCUT2D eigenvalue weighted by molar-refractivity contribution is -0.159. The van der Waals surface area contributed by atoms with Gasteiger partial charge in [0.1, 0.15) is 6.54 Å². The van der Waals surface area contributed by atoms with Crippen LogP contribution in [0, 0.1) is 23.7 Å². The topological polar surface area (TPSA) is 105 Å². The fraction of sp³-hybridized carbons (Fsp3) is 0.643. The molecule has 1 saturated carbocycles. The highest BCUT2D eigenvalue weighted by molar-refractivity contribution is 5.96. The molecule has 4 rings (SSSR count). The summed E-state index contributed by atoms with van der Waals surface area (Å²) in [6.07, 6.45) is 1.77. The van der Waals surface area contributed by atoms with Crippen molar-refractivity contribution in [2.24, 2.45) is 23.7 Å². The monoisotopic (exact) mass is 526 g/mol. The van der Waals surface area contributed by atoms with Crippen molar-refractivity contribution in [3.63, 3.8) is 0 Å². The van der Waals surface area contributed by atoms with Crippen LogP contribution in [0.3, 0.4) is 0 Å². The highest BCUT2D eigenvalue weighted by Gasteiger charge is 2.56. The number of hydrogen-bond acceptors (Lipinski definition) is 5. The Balaban J connectivity index is 1.54. The van der Waals surface area contributed by atoms with Gasteiger partial charge in [0, 0.05) is 37.8 Å². The molecule has 10 nitrogen and oxygen atoms in total. The van der Waals surface area contributed by atoms with Crippen molar-refractivity contribution < 1.29 is 19.2 Å². The average Bonchev–Trinajstić information content (AvgIpc) is 3.22. The third kappa shape index (κ3) is 5.80. The Bertz CT molecular complexity index is 1030. The van der Waals surface area contributed by atoms with E-state index in [2.05, 4.69) is 24.6 Å². The molecule has 1 aromatic rings. The first kappa shape index (κ1) is 27.9. The summed E-state index contributed by atoms with van der Waals surface area (Å²) in [6, 6.07) is 8.55. The van der Waals surface area contributed by atoms with Crippen LogP contribution in [0.4, 0.5) is 10.5 Å². The second-order valence-corrected chi connectivity index (χ2v) is 11.6. The molecule has 4 unspecified atom stereocenters. The number of urea groups is 1. The van der Waals surface area contributed by atoms with Crippen LogP contribution >= 0.6 is 0 Å². The van der Waals surface area contributed by atoms with Crippen molar-refractivity contribution in [3.8, 4) is 0 Å². The van der Waals surface area contributed by atoms with E-state index >= 15 is 0 Å². The molecule has 0 bridgehead atoms. The quantitative estimate of drug-likeness (QED) is 0.515. The number of rotatable bonds is 9. The molecule has 1 aromatic carbocycles. The molecule has 3 aliphatic rings. The number of anilines is 1. The number of hydrogen-bond donors (Lipinski definition) is 2. The lowest BCUT2D eigenvalue weighted by Crippen LogP contribution is -2.67. The summed E-state index contributed by atoms with van der Waals surface area (Å²) in [5.41, 5.74) is 3.90. The molecule has 0 radical (unpaired) electrons. The second kappa shape index (κ2) is 11.7. The van der Waals surface area contributed by atoms with E-state index < -0.39 is 12.3 Å². The largest absolute Gasteiger partial charge is 0.356 e. The van der Waals surface area contributed by atoms with Gasteiger partial charge in [-0.15, -0.1) is 0 Å². The molecule has 10 heteroatoms. The maximum atomic E-state index is 13.8. The number of likely N-dealkylation sites (N-methyl/N-ethyl adjacent to an activating group) is 1. The van der Waals surface area contributed by atoms with E-state index in [1.165, 1.54) is 9.91 Å². The van der Waals surface area contributed by atoms with Crippen molar-refractivity contribution in [2.75, 3.05) is 31.6 Å². The Hall–Kier alpha value is -3.14. The van der Waals surface area contributed by atoms with Crippen molar-refractivity contribution in [1.29, 1.82) is 0 Å². The Morgan fingerprint density at radius 3 is 2.45 bits per heavy atom. The lowest BCUT2D eigenvalue weighted by Gasteiger charge is -2.50. The summed E-state index contributed by atoms with van der Waals surface area (Å²) in [5.74, 6) is -0.103. The van der Waals surface area contributed by atoms with Crippen LogP contribution in [0.15, 0.2) is 30.3 Å². The van der Waals surface area contributed by atoms with Gasteiger partial charge in [0.25, 0.3) is 0 Å². The molecule has 5 amide bonds. The Morgan fingerprint density at radius 1 is 1.08 bits per heavy atom. The van der Waals surface area contributed by atoms with E-state index in [9.17, 15) is 19.2 Å². The zero-order valence-electron chi connectivity index (χ0n) is 23.2. The van der Waals surface area contributed by atoms with E-state index in [1.807, 2.05) is 44.2 Å². The summed E-state index contributed by atoms with van der Waals surface area (Å²) in [5, 5.41) is 4.35. The van der Waals surface area contributed by atoms with Crippen LogP contribution in [0.5, 0.6) is 0 Å². The SMILES string of the molecule is CC(C)CCN1C(=O)C2CCC(C(=O)NCC(C)C)CC2N2C(=O)N(CC(=O)N(C)c3ccccc3)NC12. The van der Waals surface area contributed by atoms with Crippen LogP contribution < -0.4 is 15.6 Å². The highest BCUT2D eigenvalue weighted by atomic mass is 16.2. The molecule has 1 aliphatic carbocycles. The van der Waals surface area contributed by atoms with Crippen LogP contribution in [0.2, 0.25) is 0 Å². The summed E-state index contributed by atoms with van der Waals surface area (Å²) in [6.45, 7) is 9.26. The molecule has 2 saturated heterocycles. The molecular formula is C28H42N6O4. The molecule has 0 spiro atoms. The molecule has 2 heterocycles. The standard InChI is InChI=1S/C28H42N6O4/c1-18(2)13-14-32-26(37)22-12-11-20(25(36)29-16-19(3)4)15-23(22)34-27(32)30-33(28(34)38)17-24(35)31(5)21-9-7-6-8-10-21/h6-10,18-20,22-23,27,30H,11-17H2,1-5H3,(H,29,36). The van der Waals surface area contributed by atoms with Gasteiger partial charge in [-0.1, -0.05) is 45.9 Å². The zero-order chi connectivity index (χ0) is 27.6. The minimum absolute atomic E-state index is 0.0143. The Labute approximate surface area is 225 Å². The predicted molar refractivity (Wildman–Crippen MR) is 144 cm³/mol. The number of fused-ring (bicyclic) bond motifs is 3. The van der Waals surface area contributed by atoms with E-state index in [0.717, 1.165) is 12.1 Å². The van der Waals surface area contributed by atoms with Gasteiger partial charge >= 0.3 is 6.03 Å². The van der Waals surface area contributed by atoms with Gasteiger partial charge in [-0.05, 0) is 49.7 Å². The number of para-hydroxylation sites is 1. The Morgan fingerprint density at radius 2 is 1.79 bits per heavy atom. The predicted octanol–water partition coefficient (Wildman–Crippen LogP) is 2.62. The molecule has 2 aliphatic heterocycles. The number of amides is 5. The normalized spacial score (nSPS) is 25.1. The number of hydrazine groups is 1. The fourth-order valence-electron chi connectivity index (χ4n) is 5.59. The number of carbonyl (C=O) groups is 4. The highest BCUT2D eigenvalue weighted by Crippen LogP contribution is 2.40. The van der Waals surface area contributed by atoms with Crippen molar-refractivity contribution in [3.05, 3.63) is 30.3 Å². The third-order valence-electron chi connectivity index (χ3n) is 7.87. The average molecular weight is 527 g/mol. The van der Waals surface area contributed by atoms with Crippen LogP contribution in [0.1, 0.15) is 53.4 Å². The van der Waals surface area contributed by atoms with Crippen molar-refractivity contribution in [1.82, 2.24) is 25.6 Å². The van der Waals surface area contributed by atoms with Crippen LogP contribution in [-0.4, -0.2) is 77.6 Å². The molecule has 38 heavy (non-hydrogen) atoms. The van der Waals surface area contributed by atoms with Gasteiger partial charge in [0.15, 0.2) is 6.29 Å². The van der Waals surface area contributed by atoms with Gasteiger partial charge < -0.3 is 15.1 Å². The smallest absolute Gasteiger partial charge is 0.337 e. The molecule has 4 atom stereocenters. The number of carbonyl (C=O) groups excluding carboxylic acids is 4. The first-order valence-corrected chi connectivity index (χ1v) is 13.8. The molecule has 0 aromatic heterocycles. The van der Waals surface area contributed by atoms with Crippen molar-refractivity contribution >= 4 is 29.4 Å². The first-order valence-electron chi connectivity index (χ1n) is 13.8. The maximum absolute atomic E-state index is 13.8. The van der Waals surface area contributed by atoms with Crippen molar-refractivity contribution in [2.45, 2.75) is 65.7 Å². The molecular weight excluding hydrogens is 484 g/mol. The molecule has 208 valence electrons. The minimum Gasteiger partial charge on any atom is -0.356 e. The fourth-order valence-corrected chi connectivity index (χ4v) is 5.59. The maximum Gasteiger partial charge on any atom is 0.337 e. The van der Waals surface area contributed by atoms with Gasteiger partial charge in [-0.3, -0.25) is 19.3 Å². The van der Waals surface area contributed by atoms with E-state index in [0.29, 0.717) is 44.2 Å². The van der Waals surface area contributed by atoms with Crippen LogP contribution in [-0.2, 0) is 14.4 Å². The lowest BCUT2D eigenvalue weighted by atomic mass is 9.75. The zero-order valence-corrected chi connectivity index (χ0v) is 23.2. The molecule has 2 N–H and O–H groups in total. The van der Waals surface area contributed by atoms with Gasteiger partial charge in [-0.2, -0.15) is 5.43 Å². The second-order valence-electron chi connectivity index (χ2n) is 11.6. The number of benzene rings is 1. The Kier molecular flexibility index (Phi) is 8.60. The van der Waals surface area contributed by atoms with Gasteiger partial charge in [-0.25, -0.2) is 9.80 Å². The van der Waals surface area contributed by atoms with Crippen LogP contribution in [0.25, 0.3) is 0 Å². The first-order chi connectivity index (χ1) is 18.1. The summed E-state index contributed by atoms with van der Waals surface area (Å²) in [4.78, 5) is 58.4. The minimum atomic E-state index is -0.665. The van der Waals surface area contributed by atoms with E-state index in [4.69, 9.17) is 0 Å². The van der Waals surface area contributed by atoms with E-state index in [1.54, 1.807) is 16.8 Å².